The Kier molecular flexibility index (Phi) is 3.22. The molecule has 1 N–H and O–H groups in total. The van der Waals surface area contributed by atoms with Crippen molar-refractivity contribution in [2.45, 2.75) is 18.1 Å². The summed E-state index contributed by atoms with van der Waals surface area (Å²) in [4.78, 5) is 12.4. The number of rotatable bonds is 4. The van der Waals surface area contributed by atoms with Crippen molar-refractivity contribution in [3.8, 4) is 5.75 Å². The first-order valence-electron chi connectivity index (χ1n) is 6.92. The van der Waals surface area contributed by atoms with Gasteiger partial charge in [-0.1, -0.05) is 0 Å². The van der Waals surface area contributed by atoms with E-state index < -0.39 is 20.7 Å². The van der Waals surface area contributed by atoms with E-state index >= 15 is 0 Å². The number of hydrogen-bond acceptors (Lipinski definition) is 4. The zero-order valence-corrected chi connectivity index (χ0v) is 12.8. The highest BCUT2D eigenvalue weighted by molar-refractivity contribution is 7.92. The Labute approximate surface area is 124 Å². The number of sulfonamides is 1. The van der Waals surface area contributed by atoms with Crippen molar-refractivity contribution in [1.29, 1.82) is 0 Å². The Bertz CT molecular complexity index is 671. The number of nitrogens with one attached hydrogen (secondary N) is 1. The number of ether oxygens (including phenoxy) is 1. The van der Waals surface area contributed by atoms with E-state index in [1.807, 2.05) is 6.92 Å². The second-order valence-electron chi connectivity index (χ2n) is 5.49. The molecular formula is C14H18N2O4S. The van der Waals surface area contributed by atoms with Crippen molar-refractivity contribution in [3.63, 3.8) is 0 Å². The van der Waals surface area contributed by atoms with Crippen LogP contribution in [0.5, 0.6) is 5.75 Å². The van der Waals surface area contributed by atoms with Crippen LogP contribution in [0.1, 0.15) is 13.3 Å². The Morgan fingerprint density at radius 2 is 2.10 bits per heavy atom. The van der Waals surface area contributed by atoms with Crippen LogP contribution in [0.4, 0.5) is 5.69 Å². The van der Waals surface area contributed by atoms with Gasteiger partial charge in [0.15, 0.2) is 4.75 Å². The average molecular weight is 310 g/mol. The Morgan fingerprint density at radius 3 is 2.62 bits per heavy atom. The van der Waals surface area contributed by atoms with E-state index in [4.69, 9.17) is 4.74 Å². The summed E-state index contributed by atoms with van der Waals surface area (Å²) >= 11 is 0. The SMILES string of the molecule is CCOc1ccc(NC(=O)[C@@]23C[C@@H]2CN(C)S3(=O)=O)cc1. The Hall–Kier alpha value is -1.60. The van der Waals surface area contributed by atoms with Crippen molar-refractivity contribution >= 4 is 21.6 Å². The fraction of sp³-hybridized carbons (Fsp3) is 0.500. The van der Waals surface area contributed by atoms with E-state index in [1.54, 1.807) is 24.3 Å². The molecule has 1 saturated carbocycles. The fourth-order valence-electron chi connectivity index (χ4n) is 2.95. The van der Waals surface area contributed by atoms with Gasteiger partial charge in [0.25, 0.3) is 0 Å². The molecule has 21 heavy (non-hydrogen) atoms. The van der Waals surface area contributed by atoms with Crippen molar-refractivity contribution in [2.24, 2.45) is 5.92 Å². The molecule has 1 aromatic rings. The molecule has 0 spiro atoms. The van der Waals surface area contributed by atoms with Gasteiger partial charge in [-0.25, -0.2) is 12.7 Å². The molecule has 0 bridgehead atoms. The molecule has 1 heterocycles. The standard InChI is InChI=1S/C14H18N2O4S/c1-3-20-12-6-4-11(5-7-12)15-13(17)14-8-10(14)9-16(2)21(14,18)19/h4-7,10H,3,8-9H2,1-2H3,(H,15,17)/t10-,14-/m1/s1. The predicted molar refractivity (Wildman–Crippen MR) is 78.6 cm³/mol. The summed E-state index contributed by atoms with van der Waals surface area (Å²) in [5.74, 6) is 0.197. The third kappa shape index (κ3) is 2.03. The number of carbonyl (C=O) groups is 1. The quantitative estimate of drug-likeness (QED) is 0.902. The Balaban J connectivity index is 1.76. The van der Waals surface area contributed by atoms with Gasteiger partial charge < -0.3 is 10.1 Å². The number of hydrogen-bond donors (Lipinski definition) is 1. The number of carbonyl (C=O) groups excluding carboxylic acids is 1. The lowest BCUT2D eigenvalue weighted by Crippen LogP contribution is -2.40. The van der Waals surface area contributed by atoms with E-state index in [0.29, 0.717) is 31.0 Å². The molecule has 6 nitrogen and oxygen atoms in total. The van der Waals surface area contributed by atoms with Gasteiger partial charge in [-0.2, -0.15) is 0 Å². The molecule has 7 heteroatoms. The van der Waals surface area contributed by atoms with Gasteiger partial charge in [-0.15, -0.1) is 0 Å². The van der Waals surface area contributed by atoms with Crippen molar-refractivity contribution in [1.82, 2.24) is 4.31 Å². The van der Waals surface area contributed by atoms with Crippen LogP contribution in [0.25, 0.3) is 0 Å². The average Bonchev–Trinajstić information content (AvgIpc) is 3.12. The molecule has 2 aliphatic rings. The fourth-order valence-corrected chi connectivity index (χ4v) is 5.08. The van der Waals surface area contributed by atoms with Crippen LogP contribution in [0.2, 0.25) is 0 Å². The lowest BCUT2D eigenvalue weighted by atomic mass is 10.2. The third-order valence-electron chi connectivity index (χ3n) is 4.20. The second kappa shape index (κ2) is 4.71. The molecular weight excluding hydrogens is 292 g/mol. The number of benzene rings is 1. The molecule has 2 atom stereocenters. The normalized spacial score (nSPS) is 29.7. The van der Waals surface area contributed by atoms with Crippen LogP contribution < -0.4 is 10.1 Å². The van der Waals surface area contributed by atoms with Crippen LogP contribution in [0.3, 0.4) is 0 Å². The van der Waals surface area contributed by atoms with Gasteiger partial charge in [-0.3, -0.25) is 4.79 Å². The highest BCUT2D eigenvalue weighted by atomic mass is 32.2. The van der Waals surface area contributed by atoms with Crippen LogP contribution in [-0.2, 0) is 14.8 Å². The maximum Gasteiger partial charge on any atom is 0.247 e. The van der Waals surface area contributed by atoms with Gasteiger partial charge in [0.2, 0.25) is 15.9 Å². The van der Waals surface area contributed by atoms with E-state index in [0.717, 1.165) is 0 Å². The number of fused-ring (bicyclic) bond motifs is 1. The van der Waals surface area contributed by atoms with Gasteiger partial charge in [0.1, 0.15) is 5.75 Å². The largest absolute Gasteiger partial charge is 0.494 e. The first kappa shape index (κ1) is 14.3. The zero-order valence-electron chi connectivity index (χ0n) is 12.0. The first-order chi connectivity index (χ1) is 9.91. The summed E-state index contributed by atoms with van der Waals surface area (Å²) in [6.07, 6.45) is 0.419. The molecule has 2 fully saturated rings. The summed E-state index contributed by atoms with van der Waals surface area (Å²) in [6.45, 7) is 2.89. The molecule has 0 unspecified atom stereocenters. The smallest absolute Gasteiger partial charge is 0.247 e. The molecule has 3 rings (SSSR count). The van der Waals surface area contributed by atoms with Crippen LogP contribution in [-0.4, -0.2) is 43.6 Å². The Morgan fingerprint density at radius 1 is 1.43 bits per heavy atom. The summed E-state index contributed by atoms with van der Waals surface area (Å²) in [5, 5.41) is 2.71. The summed E-state index contributed by atoms with van der Waals surface area (Å²) in [5.41, 5.74) is 0.577. The minimum absolute atomic E-state index is 0.0878. The van der Waals surface area contributed by atoms with E-state index in [9.17, 15) is 13.2 Å². The first-order valence-corrected chi connectivity index (χ1v) is 8.36. The van der Waals surface area contributed by atoms with Crippen LogP contribution in [0, 0.1) is 5.92 Å². The molecule has 1 amide bonds. The second-order valence-corrected chi connectivity index (χ2v) is 7.79. The molecule has 1 saturated heterocycles. The maximum atomic E-state index is 12.4. The predicted octanol–water partition coefficient (Wildman–Crippen LogP) is 1.06. The van der Waals surface area contributed by atoms with Crippen LogP contribution >= 0.6 is 0 Å². The summed E-state index contributed by atoms with van der Waals surface area (Å²) in [7, 11) is -2.01. The number of amides is 1. The molecule has 0 radical (unpaired) electrons. The maximum absolute atomic E-state index is 12.4. The molecule has 0 aromatic heterocycles. The van der Waals surface area contributed by atoms with Crippen molar-refractivity contribution in [2.75, 3.05) is 25.5 Å². The highest BCUT2D eigenvalue weighted by Crippen LogP contribution is 2.57. The minimum Gasteiger partial charge on any atom is -0.494 e. The summed E-state index contributed by atoms with van der Waals surface area (Å²) in [6, 6.07) is 6.91. The lowest BCUT2D eigenvalue weighted by molar-refractivity contribution is -0.116. The van der Waals surface area contributed by atoms with Crippen LogP contribution in [0.15, 0.2) is 24.3 Å². The van der Waals surface area contributed by atoms with E-state index in [1.165, 1.54) is 11.4 Å². The van der Waals surface area contributed by atoms with Gasteiger partial charge >= 0.3 is 0 Å². The van der Waals surface area contributed by atoms with Gasteiger partial charge in [0.05, 0.1) is 6.61 Å². The molecule has 1 aromatic carbocycles. The van der Waals surface area contributed by atoms with Gasteiger partial charge in [-0.05, 0) is 37.6 Å². The number of anilines is 1. The zero-order chi connectivity index (χ0) is 15.3. The van der Waals surface area contributed by atoms with E-state index in [2.05, 4.69) is 5.32 Å². The highest BCUT2D eigenvalue weighted by Gasteiger charge is 2.74. The van der Waals surface area contributed by atoms with Crippen molar-refractivity contribution in [3.05, 3.63) is 24.3 Å². The van der Waals surface area contributed by atoms with Gasteiger partial charge in [0, 0.05) is 25.2 Å². The summed E-state index contributed by atoms with van der Waals surface area (Å²) < 4.78 is 29.9. The topological polar surface area (TPSA) is 75.7 Å². The monoisotopic (exact) mass is 310 g/mol. The third-order valence-corrected chi connectivity index (χ3v) is 6.78. The molecule has 1 aliphatic carbocycles. The lowest BCUT2D eigenvalue weighted by Gasteiger charge is -2.17. The van der Waals surface area contributed by atoms with E-state index in [-0.39, 0.29) is 5.92 Å². The molecule has 1 aliphatic heterocycles. The molecule has 114 valence electrons. The minimum atomic E-state index is -3.53. The number of nitrogens with zero attached hydrogens (tertiary/aromatic N) is 1. The van der Waals surface area contributed by atoms with Crippen molar-refractivity contribution < 1.29 is 17.9 Å².